The molecule has 0 saturated carbocycles. The maximum absolute atomic E-state index is 14.8. The van der Waals surface area contributed by atoms with E-state index in [4.69, 9.17) is 9.47 Å². The van der Waals surface area contributed by atoms with Gasteiger partial charge in [-0.2, -0.15) is 0 Å². The SMILES string of the molecule is C=CCCOC(=O)[C@H]1[C@@H]2OC3(CC2Br)C(C(=O)N(CC=C)c2cc(C)ccc2C)N([C@@H](CO)[C@@H](C)CC)C(=O)[C@H]13. The van der Waals surface area contributed by atoms with E-state index in [0.29, 0.717) is 19.3 Å². The normalized spacial score (nSPS) is 30.1. The number of hydrogen-bond donors (Lipinski definition) is 1. The van der Waals surface area contributed by atoms with Gasteiger partial charge in [-0.1, -0.05) is 60.5 Å². The fourth-order valence-corrected chi connectivity index (χ4v) is 7.66. The first kappa shape index (κ1) is 30.5. The summed E-state index contributed by atoms with van der Waals surface area (Å²) in [6.07, 6.45) is 4.28. The average Bonchev–Trinajstić information content (AvgIpc) is 3.52. The first-order valence-electron chi connectivity index (χ1n) is 14.1. The van der Waals surface area contributed by atoms with Crippen molar-refractivity contribution < 1.29 is 29.0 Å². The van der Waals surface area contributed by atoms with Gasteiger partial charge in [-0.3, -0.25) is 14.4 Å². The summed E-state index contributed by atoms with van der Waals surface area (Å²) in [5, 5.41) is 10.6. The van der Waals surface area contributed by atoms with Gasteiger partial charge in [-0.25, -0.2) is 0 Å². The smallest absolute Gasteiger partial charge is 0.312 e. The predicted octanol–water partition coefficient (Wildman–Crippen LogP) is 4.10. The van der Waals surface area contributed by atoms with Crippen LogP contribution in [0.2, 0.25) is 0 Å². The number of esters is 1. The van der Waals surface area contributed by atoms with Crippen LogP contribution < -0.4 is 4.90 Å². The minimum absolute atomic E-state index is 0.0944. The number of benzene rings is 1. The average molecular weight is 618 g/mol. The number of likely N-dealkylation sites (tertiary alicyclic amines) is 1. The predicted molar refractivity (Wildman–Crippen MR) is 157 cm³/mol. The van der Waals surface area contributed by atoms with Crippen molar-refractivity contribution in [3.63, 3.8) is 0 Å². The summed E-state index contributed by atoms with van der Waals surface area (Å²) in [6.45, 7) is 15.5. The van der Waals surface area contributed by atoms with Crippen molar-refractivity contribution in [3.05, 3.63) is 54.6 Å². The van der Waals surface area contributed by atoms with E-state index >= 15 is 0 Å². The molecule has 3 aliphatic heterocycles. The van der Waals surface area contributed by atoms with Gasteiger partial charge >= 0.3 is 5.97 Å². The molecule has 1 aromatic rings. The molecule has 8 atom stereocenters. The van der Waals surface area contributed by atoms with E-state index in [1.165, 1.54) is 4.90 Å². The third-order valence-corrected chi connectivity index (χ3v) is 9.72. The van der Waals surface area contributed by atoms with E-state index in [-0.39, 0.29) is 42.3 Å². The molecule has 4 rings (SSSR count). The third-order valence-electron chi connectivity index (χ3n) is 8.88. The molecule has 40 heavy (non-hydrogen) atoms. The molecule has 3 fully saturated rings. The molecule has 0 aromatic heterocycles. The monoisotopic (exact) mass is 616 g/mol. The number of anilines is 1. The van der Waals surface area contributed by atoms with Crippen LogP contribution in [-0.2, 0) is 23.9 Å². The number of amides is 2. The standard InChI is InChI=1S/C31H41BrN2O6/c1-7-10-14-39-30(38)24-25-28(36)34(23(17-35)19(5)9-3)27(31(25)16-21(32)26(24)40-31)29(37)33(13-8-2)22-15-18(4)11-12-20(22)6/h7-8,11-12,15,19,21,23-27,35H,1-2,9-10,13-14,16-17H2,3-6H3/t19-,21?,23-,24+,25-,26+,27?,31?/m0/s1. The van der Waals surface area contributed by atoms with Crippen molar-refractivity contribution in [3.8, 4) is 0 Å². The molecule has 2 amide bonds. The number of ether oxygens (including phenoxy) is 2. The van der Waals surface area contributed by atoms with Gasteiger partial charge < -0.3 is 24.4 Å². The lowest BCUT2D eigenvalue weighted by Gasteiger charge is -2.41. The number of alkyl halides is 1. The molecule has 2 bridgehead atoms. The quantitative estimate of drug-likeness (QED) is 0.164. The first-order chi connectivity index (χ1) is 19.1. The molecule has 1 spiro atoms. The molecule has 8 nitrogen and oxygen atoms in total. The molecule has 0 radical (unpaired) electrons. The van der Waals surface area contributed by atoms with Crippen LogP contribution in [0, 0.1) is 31.6 Å². The van der Waals surface area contributed by atoms with Crippen molar-refractivity contribution in [2.75, 3.05) is 24.7 Å². The lowest BCUT2D eigenvalue weighted by Crippen LogP contribution is -2.60. The highest BCUT2D eigenvalue weighted by Crippen LogP contribution is 2.61. The summed E-state index contributed by atoms with van der Waals surface area (Å²) in [5.74, 6) is -3.01. The van der Waals surface area contributed by atoms with Crippen molar-refractivity contribution in [1.82, 2.24) is 4.90 Å². The van der Waals surface area contributed by atoms with Gasteiger partial charge in [0.2, 0.25) is 5.91 Å². The lowest BCUT2D eigenvalue weighted by molar-refractivity contribution is -0.156. The van der Waals surface area contributed by atoms with E-state index in [9.17, 15) is 19.5 Å². The van der Waals surface area contributed by atoms with Crippen LogP contribution in [0.25, 0.3) is 0 Å². The Bertz CT molecular complexity index is 1170. The number of aliphatic hydroxyl groups excluding tert-OH is 1. The molecular weight excluding hydrogens is 576 g/mol. The minimum Gasteiger partial charge on any atom is -0.465 e. The number of carbonyl (C=O) groups excluding carboxylic acids is 3. The van der Waals surface area contributed by atoms with Gasteiger partial charge in [0.05, 0.1) is 37.2 Å². The maximum atomic E-state index is 14.8. The van der Waals surface area contributed by atoms with Gasteiger partial charge in [-0.05, 0) is 49.8 Å². The van der Waals surface area contributed by atoms with Gasteiger partial charge in [0.15, 0.2) is 0 Å². The number of fused-ring (bicyclic) bond motifs is 1. The van der Waals surface area contributed by atoms with Crippen LogP contribution in [0.1, 0.15) is 44.2 Å². The Labute approximate surface area is 245 Å². The molecule has 1 N–H and O–H groups in total. The van der Waals surface area contributed by atoms with E-state index < -0.39 is 41.6 Å². The highest BCUT2D eigenvalue weighted by Gasteiger charge is 2.77. The zero-order valence-corrected chi connectivity index (χ0v) is 25.4. The molecule has 3 saturated heterocycles. The molecule has 1 aromatic carbocycles. The van der Waals surface area contributed by atoms with Crippen LogP contribution in [0.15, 0.2) is 43.5 Å². The van der Waals surface area contributed by atoms with E-state index in [0.717, 1.165) is 16.8 Å². The number of carbonyl (C=O) groups is 3. The van der Waals surface area contributed by atoms with E-state index in [2.05, 4.69) is 29.1 Å². The van der Waals surface area contributed by atoms with Gasteiger partial charge in [-0.15, -0.1) is 13.2 Å². The zero-order chi connectivity index (χ0) is 29.4. The Hall–Kier alpha value is -2.49. The summed E-state index contributed by atoms with van der Waals surface area (Å²) in [7, 11) is 0. The summed E-state index contributed by atoms with van der Waals surface area (Å²) in [4.78, 5) is 45.5. The largest absolute Gasteiger partial charge is 0.465 e. The molecule has 3 unspecified atom stereocenters. The third kappa shape index (κ3) is 4.94. The van der Waals surface area contributed by atoms with E-state index in [1.54, 1.807) is 17.1 Å². The second-order valence-corrected chi connectivity index (χ2v) is 12.5. The topological polar surface area (TPSA) is 96.4 Å². The van der Waals surface area contributed by atoms with Gasteiger partial charge in [0.25, 0.3) is 5.91 Å². The Morgan fingerprint density at radius 3 is 2.67 bits per heavy atom. The van der Waals surface area contributed by atoms with Crippen LogP contribution in [0.3, 0.4) is 0 Å². The number of aryl methyl sites for hydroxylation is 2. The maximum Gasteiger partial charge on any atom is 0.312 e. The van der Waals surface area contributed by atoms with Crippen LogP contribution in [0.5, 0.6) is 0 Å². The number of hydrogen-bond acceptors (Lipinski definition) is 6. The number of halogens is 1. The summed E-state index contributed by atoms with van der Waals surface area (Å²) < 4.78 is 12.2. The van der Waals surface area contributed by atoms with E-state index in [1.807, 2.05) is 45.9 Å². The van der Waals surface area contributed by atoms with Crippen LogP contribution >= 0.6 is 15.9 Å². The fourth-order valence-electron chi connectivity index (χ4n) is 6.72. The molecule has 218 valence electrons. The Balaban J connectivity index is 1.85. The highest BCUT2D eigenvalue weighted by molar-refractivity contribution is 9.09. The lowest BCUT2D eigenvalue weighted by atomic mass is 9.70. The minimum atomic E-state index is -1.24. The summed E-state index contributed by atoms with van der Waals surface area (Å²) in [6, 6.07) is 4.24. The van der Waals surface area contributed by atoms with Gasteiger partial charge in [0.1, 0.15) is 11.6 Å². The first-order valence-corrected chi connectivity index (χ1v) is 15.0. The van der Waals surface area contributed by atoms with Crippen molar-refractivity contribution >= 4 is 39.4 Å². The number of rotatable bonds is 12. The molecule has 3 heterocycles. The van der Waals surface area contributed by atoms with Gasteiger partial charge in [0, 0.05) is 17.1 Å². The van der Waals surface area contributed by atoms with Crippen LogP contribution in [-0.4, -0.2) is 76.2 Å². The highest BCUT2D eigenvalue weighted by atomic mass is 79.9. The molecule has 3 aliphatic rings. The van der Waals surface area contributed by atoms with Crippen LogP contribution in [0.4, 0.5) is 5.69 Å². The number of aliphatic hydroxyl groups is 1. The summed E-state index contributed by atoms with van der Waals surface area (Å²) >= 11 is 3.70. The molecule has 0 aliphatic carbocycles. The second-order valence-electron chi connectivity index (χ2n) is 11.3. The van der Waals surface area contributed by atoms with Crippen molar-refractivity contribution in [1.29, 1.82) is 0 Å². The van der Waals surface area contributed by atoms with Crippen molar-refractivity contribution in [2.45, 2.75) is 75.6 Å². The summed E-state index contributed by atoms with van der Waals surface area (Å²) in [5.41, 5.74) is 1.38. The number of nitrogens with zero attached hydrogens (tertiary/aromatic N) is 2. The molecular formula is C31H41BrN2O6. The zero-order valence-electron chi connectivity index (χ0n) is 23.8. The Morgan fingerprint density at radius 2 is 2.05 bits per heavy atom. The van der Waals surface area contributed by atoms with Crippen molar-refractivity contribution in [2.24, 2.45) is 17.8 Å². The Kier molecular flexibility index (Phi) is 9.27. The second kappa shape index (κ2) is 12.2. The molecule has 9 heteroatoms. The fraction of sp³-hybridized carbons (Fsp3) is 0.581. The Morgan fingerprint density at radius 1 is 1.32 bits per heavy atom.